The number of benzene rings is 1. The van der Waals surface area contributed by atoms with Gasteiger partial charge in [-0.25, -0.2) is 0 Å². The second-order valence-electron chi connectivity index (χ2n) is 5.21. The van der Waals surface area contributed by atoms with Crippen LogP contribution in [0.25, 0.3) is 11.1 Å². The number of carbonyl (C=O) groups is 1. The molecule has 7 heteroatoms. The molecule has 6 nitrogen and oxygen atoms in total. The molecule has 0 radical (unpaired) electrons. The first kappa shape index (κ1) is 15.3. The van der Waals surface area contributed by atoms with Crippen LogP contribution in [0.5, 0.6) is 0 Å². The molecule has 0 bridgehead atoms. The number of hydrogen-bond acceptors (Lipinski definition) is 5. The number of carbonyl (C=O) groups excluding carboxylic acids is 1. The van der Waals surface area contributed by atoms with Gasteiger partial charge in [-0.2, -0.15) is 4.98 Å². The summed E-state index contributed by atoms with van der Waals surface area (Å²) in [5, 5.41) is 3.00. The summed E-state index contributed by atoms with van der Waals surface area (Å²) in [5.41, 5.74) is 1.73. The van der Waals surface area contributed by atoms with Crippen LogP contribution in [0.3, 0.4) is 0 Å². The normalized spacial score (nSPS) is 16.0. The van der Waals surface area contributed by atoms with Crippen molar-refractivity contribution in [3.05, 3.63) is 29.1 Å². The van der Waals surface area contributed by atoms with Crippen molar-refractivity contribution < 1.29 is 13.9 Å². The average molecular weight is 324 g/mol. The summed E-state index contributed by atoms with van der Waals surface area (Å²) < 4.78 is 10.5. The number of oxazole rings is 1. The number of hydrogen-bond donors (Lipinski definition) is 1. The molecule has 0 unspecified atom stereocenters. The van der Waals surface area contributed by atoms with E-state index in [0.717, 1.165) is 39.3 Å². The van der Waals surface area contributed by atoms with Crippen LogP contribution in [-0.4, -0.2) is 55.2 Å². The first-order valence-electron chi connectivity index (χ1n) is 7.37. The van der Waals surface area contributed by atoms with Gasteiger partial charge in [0, 0.05) is 25.2 Å². The molecule has 0 saturated carbocycles. The average Bonchev–Trinajstić information content (AvgIpc) is 2.91. The standard InChI is InChI=1S/C15H18ClN3O3/c16-15-18-12-10-11(2-3-13(12)22-15)14(20)17-4-1-5-19-6-8-21-9-7-19/h2-3,10H,1,4-9H2,(H,17,20). The Morgan fingerprint density at radius 2 is 2.18 bits per heavy atom. The molecule has 2 heterocycles. The van der Waals surface area contributed by atoms with Crippen molar-refractivity contribution in [1.29, 1.82) is 0 Å². The fraction of sp³-hybridized carbons (Fsp3) is 0.467. The van der Waals surface area contributed by atoms with Crippen LogP contribution in [0.15, 0.2) is 22.6 Å². The molecule has 1 amide bonds. The van der Waals surface area contributed by atoms with Crippen LogP contribution >= 0.6 is 11.6 Å². The van der Waals surface area contributed by atoms with E-state index < -0.39 is 0 Å². The van der Waals surface area contributed by atoms with Crippen molar-refractivity contribution in [2.24, 2.45) is 0 Å². The molecule has 1 aliphatic heterocycles. The number of nitrogens with zero attached hydrogens (tertiary/aromatic N) is 2. The topological polar surface area (TPSA) is 67.6 Å². The molecule has 3 rings (SSSR count). The SMILES string of the molecule is O=C(NCCCN1CCOCC1)c1ccc2oc(Cl)nc2c1. The Balaban J connectivity index is 1.48. The summed E-state index contributed by atoms with van der Waals surface area (Å²) >= 11 is 5.70. The maximum absolute atomic E-state index is 12.1. The Kier molecular flexibility index (Phi) is 4.92. The van der Waals surface area contributed by atoms with Crippen LogP contribution in [0, 0.1) is 0 Å². The Morgan fingerprint density at radius 1 is 1.36 bits per heavy atom. The zero-order valence-electron chi connectivity index (χ0n) is 12.2. The number of fused-ring (bicyclic) bond motifs is 1. The van der Waals surface area contributed by atoms with Gasteiger partial charge in [0.1, 0.15) is 5.52 Å². The molecule has 0 aliphatic carbocycles. The van der Waals surface area contributed by atoms with Gasteiger partial charge in [-0.3, -0.25) is 9.69 Å². The van der Waals surface area contributed by atoms with Crippen LogP contribution in [0.4, 0.5) is 0 Å². The van der Waals surface area contributed by atoms with Crippen molar-refractivity contribution in [2.45, 2.75) is 6.42 Å². The Bertz CT molecular complexity index is 653. The summed E-state index contributed by atoms with van der Waals surface area (Å²) in [4.78, 5) is 18.5. The fourth-order valence-corrected chi connectivity index (χ4v) is 2.65. The predicted octanol–water partition coefficient (Wildman–Crippen LogP) is 1.93. The lowest BCUT2D eigenvalue weighted by Gasteiger charge is -2.26. The molecule has 1 saturated heterocycles. The molecule has 0 atom stereocenters. The van der Waals surface area contributed by atoms with Gasteiger partial charge >= 0.3 is 0 Å². The highest BCUT2D eigenvalue weighted by Crippen LogP contribution is 2.19. The van der Waals surface area contributed by atoms with Crippen molar-refractivity contribution in [3.63, 3.8) is 0 Å². The number of aromatic nitrogens is 1. The number of amides is 1. The van der Waals surface area contributed by atoms with Crippen molar-refractivity contribution in [2.75, 3.05) is 39.4 Å². The van der Waals surface area contributed by atoms with E-state index in [1.54, 1.807) is 18.2 Å². The lowest BCUT2D eigenvalue weighted by atomic mass is 10.2. The second-order valence-corrected chi connectivity index (χ2v) is 5.54. The van der Waals surface area contributed by atoms with Gasteiger partial charge in [-0.15, -0.1) is 0 Å². The van der Waals surface area contributed by atoms with Gasteiger partial charge in [0.15, 0.2) is 5.58 Å². The van der Waals surface area contributed by atoms with Crippen LogP contribution in [0.2, 0.25) is 5.35 Å². The molecule has 1 N–H and O–H groups in total. The van der Waals surface area contributed by atoms with Gasteiger partial charge in [0.25, 0.3) is 11.3 Å². The number of nitrogens with one attached hydrogen (secondary N) is 1. The molecular weight excluding hydrogens is 306 g/mol. The highest BCUT2D eigenvalue weighted by atomic mass is 35.5. The molecule has 22 heavy (non-hydrogen) atoms. The molecular formula is C15H18ClN3O3. The van der Waals surface area contributed by atoms with Gasteiger partial charge in [-0.1, -0.05) is 0 Å². The number of ether oxygens (including phenoxy) is 1. The Hall–Kier alpha value is -1.63. The summed E-state index contributed by atoms with van der Waals surface area (Å²) in [6.07, 6.45) is 0.920. The third-order valence-corrected chi connectivity index (χ3v) is 3.83. The van der Waals surface area contributed by atoms with Gasteiger partial charge in [0.05, 0.1) is 13.2 Å². The quantitative estimate of drug-likeness (QED) is 0.852. The zero-order valence-corrected chi connectivity index (χ0v) is 12.9. The Morgan fingerprint density at radius 3 is 3.00 bits per heavy atom. The molecule has 2 aromatic rings. The number of rotatable bonds is 5. The lowest BCUT2D eigenvalue weighted by molar-refractivity contribution is 0.0374. The second kappa shape index (κ2) is 7.09. The van der Waals surface area contributed by atoms with Crippen molar-refractivity contribution >= 4 is 28.6 Å². The summed E-state index contributed by atoms with van der Waals surface area (Å²) in [7, 11) is 0. The minimum absolute atomic E-state index is 0.0815. The van der Waals surface area contributed by atoms with Crippen molar-refractivity contribution in [3.8, 4) is 0 Å². The third-order valence-electron chi connectivity index (χ3n) is 3.66. The van der Waals surface area contributed by atoms with E-state index in [9.17, 15) is 4.79 Å². The molecule has 0 spiro atoms. The highest BCUT2D eigenvalue weighted by molar-refractivity contribution is 6.28. The molecule has 1 aromatic carbocycles. The maximum Gasteiger partial charge on any atom is 0.293 e. The summed E-state index contributed by atoms with van der Waals surface area (Å²) in [5.74, 6) is -0.108. The molecule has 1 fully saturated rings. The predicted molar refractivity (Wildman–Crippen MR) is 83.2 cm³/mol. The van der Waals surface area contributed by atoms with Gasteiger partial charge < -0.3 is 14.5 Å². The number of halogens is 1. The monoisotopic (exact) mass is 323 g/mol. The maximum atomic E-state index is 12.1. The smallest absolute Gasteiger partial charge is 0.293 e. The van der Waals surface area contributed by atoms with E-state index in [0.29, 0.717) is 23.2 Å². The van der Waals surface area contributed by atoms with E-state index in [-0.39, 0.29) is 11.3 Å². The van der Waals surface area contributed by atoms with Gasteiger partial charge in [-0.05, 0) is 42.8 Å². The van der Waals surface area contributed by atoms with Crippen molar-refractivity contribution in [1.82, 2.24) is 15.2 Å². The highest BCUT2D eigenvalue weighted by Gasteiger charge is 2.11. The minimum atomic E-state index is -0.108. The van der Waals surface area contributed by atoms with Gasteiger partial charge in [0.2, 0.25) is 0 Å². The molecule has 1 aromatic heterocycles. The van der Waals surface area contributed by atoms with E-state index in [1.165, 1.54) is 0 Å². The summed E-state index contributed by atoms with van der Waals surface area (Å²) in [6.45, 7) is 5.16. The number of morpholine rings is 1. The van der Waals surface area contributed by atoms with E-state index in [2.05, 4.69) is 15.2 Å². The molecule has 118 valence electrons. The van der Waals surface area contributed by atoms with E-state index in [4.69, 9.17) is 20.8 Å². The van der Waals surface area contributed by atoms with Crippen LogP contribution in [-0.2, 0) is 4.74 Å². The first-order chi connectivity index (χ1) is 10.7. The largest absolute Gasteiger partial charge is 0.428 e. The first-order valence-corrected chi connectivity index (χ1v) is 7.74. The van der Waals surface area contributed by atoms with E-state index in [1.807, 2.05) is 0 Å². The molecule has 1 aliphatic rings. The van der Waals surface area contributed by atoms with E-state index >= 15 is 0 Å². The fourth-order valence-electron chi connectivity index (χ4n) is 2.47. The zero-order chi connectivity index (χ0) is 15.4. The Labute approximate surface area is 133 Å². The summed E-state index contributed by atoms with van der Waals surface area (Å²) in [6, 6.07) is 5.10. The third kappa shape index (κ3) is 3.76. The van der Waals surface area contributed by atoms with Crippen LogP contribution < -0.4 is 5.32 Å². The minimum Gasteiger partial charge on any atom is -0.428 e. The van der Waals surface area contributed by atoms with Crippen LogP contribution in [0.1, 0.15) is 16.8 Å². The lowest BCUT2D eigenvalue weighted by Crippen LogP contribution is -2.38.